The van der Waals surface area contributed by atoms with E-state index in [9.17, 15) is 4.79 Å². The lowest BCUT2D eigenvalue weighted by Gasteiger charge is -2.35. The van der Waals surface area contributed by atoms with Crippen molar-refractivity contribution in [2.24, 2.45) is 0 Å². The summed E-state index contributed by atoms with van der Waals surface area (Å²) in [5.74, 6) is 2.04. The Balaban J connectivity index is 1.44. The number of benzene rings is 1. The van der Waals surface area contributed by atoms with E-state index in [1.54, 1.807) is 0 Å². The van der Waals surface area contributed by atoms with Crippen LogP contribution in [0.1, 0.15) is 55.3 Å². The Morgan fingerprint density at radius 3 is 2.79 bits per heavy atom. The number of piperidine rings is 1. The summed E-state index contributed by atoms with van der Waals surface area (Å²) in [5.41, 5.74) is 2.36. The first-order valence-corrected chi connectivity index (χ1v) is 10.5. The zero-order valence-corrected chi connectivity index (χ0v) is 17.6. The van der Waals surface area contributed by atoms with Crippen LogP contribution in [0.15, 0.2) is 30.5 Å². The van der Waals surface area contributed by atoms with Crippen LogP contribution in [0.3, 0.4) is 0 Å². The Labute approximate surface area is 172 Å². The normalized spacial score (nSPS) is 19.6. The SMILES string of the molecule is Cc1ccc(OC(C)(C)C(=O)N2CCc3nc([C@H]4CCCNC4)ncc3C2)cc1. The largest absolute Gasteiger partial charge is 0.478 e. The number of aryl methyl sites for hydroxylation is 1. The molecule has 29 heavy (non-hydrogen) atoms. The summed E-state index contributed by atoms with van der Waals surface area (Å²) in [7, 11) is 0. The van der Waals surface area contributed by atoms with Gasteiger partial charge >= 0.3 is 0 Å². The third-order valence-corrected chi connectivity index (χ3v) is 5.81. The summed E-state index contributed by atoms with van der Waals surface area (Å²) in [6.45, 7) is 8.93. The third kappa shape index (κ3) is 4.42. The number of hydrogen-bond donors (Lipinski definition) is 1. The molecule has 1 saturated heterocycles. The number of hydrogen-bond acceptors (Lipinski definition) is 5. The lowest BCUT2D eigenvalue weighted by atomic mass is 9.97. The van der Waals surface area contributed by atoms with Crippen molar-refractivity contribution >= 4 is 5.91 Å². The molecule has 1 atom stereocenters. The minimum atomic E-state index is -0.929. The monoisotopic (exact) mass is 394 g/mol. The van der Waals surface area contributed by atoms with Crippen molar-refractivity contribution in [3.8, 4) is 5.75 Å². The number of fused-ring (bicyclic) bond motifs is 1. The number of aromatic nitrogens is 2. The maximum atomic E-state index is 13.2. The highest BCUT2D eigenvalue weighted by Crippen LogP contribution is 2.26. The van der Waals surface area contributed by atoms with Gasteiger partial charge in [0.1, 0.15) is 11.6 Å². The zero-order chi connectivity index (χ0) is 20.4. The maximum Gasteiger partial charge on any atom is 0.266 e. The molecule has 4 rings (SSSR count). The summed E-state index contributed by atoms with van der Waals surface area (Å²) in [4.78, 5) is 24.5. The first-order valence-electron chi connectivity index (χ1n) is 10.5. The molecule has 6 heteroatoms. The second-order valence-electron chi connectivity index (χ2n) is 8.65. The van der Waals surface area contributed by atoms with Crippen LogP contribution in [0, 0.1) is 6.92 Å². The van der Waals surface area contributed by atoms with E-state index >= 15 is 0 Å². The van der Waals surface area contributed by atoms with Crippen LogP contribution >= 0.6 is 0 Å². The lowest BCUT2D eigenvalue weighted by molar-refractivity contribution is -0.146. The van der Waals surface area contributed by atoms with Gasteiger partial charge in [-0.05, 0) is 52.3 Å². The molecular formula is C23H30N4O2. The van der Waals surface area contributed by atoms with E-state index in [-0.39, 0.29) is 5.91 Å². The fourth-order valence-corrected chi connectivity index (χ4v) is 4.10. The van der Waals surface area contributed by atoms with E-state index < -0.39 is 5.60 Å². The van der Waals surface area contributed by atoms with Crippen LogP contribution in [-0.2, 0) is 17.8 Å². The molecule has 0 spiro atoms. The zero-order valence-electron chi connectivity index (χ0n) is 17.6. The minimum absolute atomic E-state index is 0.00992. The van der Waals surface area contributed by atoms with Gasteiger partial charge in [-0.15, -0.1) is 0 Å². The van der Waals surface area contributed by atoms with Gasteiger partial charge in [0, 0.05) is 43.7 Å². The first-order chi connectivity index (χ1) is 13.9. The highest BCUT2D eigenvalue weighted by molar-refractivity contribution is 5.85. The number of nitrogens with zero attached hydrogens (tertiary/aromatic N) is 3. The van der Waals surface area contributed by atoms with Gasteiger partial charge in [0.25, 0.3) is 5.91 Å². The Morgan fingerprint density at radius 1 is 1.28 bits per heavy atom. The molecule has 1 N–H and O–H groups in total. The summed E-state index contributed by atoms with van der Waals surface area (Å²) in [6.07, 6.45) is 4.99. The highest BCUT2D eigenvalue weighted by Gasteiger charge is 2.36. The summed E-state index contributed by atoms with van der Waals surface area (Å²) >= 11 is 0. The minimum Gasteiger partial charge on any atom is -0.478 e. The molecule has 0 saturated carbocycles. The number of nitrogens with one attached hydrogen (secondary N) is 1. The van der Waals surface area contributed by atoms with E-state index in [4.69, 9.17) is 9.72 Å². The quantitative estimate of drug-likeness (QED) is 0.864. The van der Waals surface area contributed by atoms with Crippen LogP contribution in [0.4, 0.5) is 0 Å². The van der Waals surface area contributed by atoms with Gasteiger partial charge in [-0.2, -0.15) is 0 Å². The molecule has 0 radical (unpaired) electrons. The second-order valence-corrected chi connectivity index (χ2v) is 8.65. The van der Waals surface area contributed by atoms with Crippen molar-refractivity contribution in [3.63, 3.8) is 0 Å². The highest BCUT2D eigenvalue weighted by atomic mass is 16.5. The first kappa shape index (κ1) is 19.8. The van der Waals surface area contributed by atoms with Crippen LogP contribution in [0.25, 0.3) is 0 Å². The van der Waals surface area contributed by atoms with Crippen molar-refractivity contribution < 1.29 is 9.53 Å². The molecule has 0 bridgehead atoms. The van der Waals surface area contributed by atoms with Crippen molar-refractivity contribution in [1.29, 1.82) is 0 Å². The molecule has 0 unspecified atom stereocenters. The van der Waals surface area contributed by atoms with Crippen LogP contribution in [-0.4, -0.2) is 46.0 Å². The van der Waals surface area contributed by atoms with Crippen molar-refractivity contribution in [2.45, 2.75) is 58.1 Å². The van der Waals surface area contributed by atoms with Gasteiger partial charge in [0.2, 0.25) is 0 Å². The van der Waals surface area contributed by atoms with E-state index in [1.165, 1.54) is 6.42 Å². The topological polar surface area (TPSA) is 67.3 Å². The molecule has 0 aliphatic carbocycles. The lowest BCUT2D eigenvalue weighted by Crippen LogP contribution is -2.50. The van der Waals surface area contributed by atoms with Gasteiger partial charge in [-0.3, -0.25) is 4.79 Å². The average Bonchev–Trinajstić information content (AvgIpc) is 2.74. The molecule has 6 nitrogen and oxygen atoms in total. The number of amides is 1. The van der Waals surface area contributed by atoms with Crippen LogP contribution in [0.5, 0.6) is 5.75 Å². The van der Waals surface area contributed by atoms with Crippen molar-refractivity contribution in [2.75, 3.05) is 19.6 Å². The molecule has 2 aliphatic rings. The smallest absolute Gasteiger partial charge is 0.266 e. The molecule has 1 amide bonds. The number of ether oxygens (including phenoxy) is 1. The maximum absolute atomic E-state index is 13.2. The summed E-state index contributed by atoms with van der Waals surface area (Å²) in [5, 5.41) is 3.43. The molecule has 2 aliphatic heterocycles. The molecule has 1 aromatic carbocycles. The fraction of sp³-hybridized carbons (Fsp3) is 0.522. The molecule has 2 aromatic rings. The predicted molar refractivity (Wildman–Crippen MR) is 112 cm³/mol. The number of carbonyl (C=O) groups is 1. The van der Waals surface area contributed by atoms with Crippen LogP contribution < -0.4 is 10.1 Å². The van der Waals surface area contributed by atoms with Gasteiger partial charge in [-0.25, -0.2) is 9.97 Å². The van der Waals surface area contributed by atoms with Gasteiger partial charge in [0.05, 0.1) is 5.69 Å². The molecule has 154 valence electrons. The molecule has 3 heterocycles. The molecule has 1 fully saturated rings. The van der Waals surface area contributed by atoms with Crippen molar-refractivity contribution in [3.05, 3.63) is 53.1 Å². The van der Waals surface area contributed by atoms with Gasteiger partial charge < -0.3 is 15.0 Å². The van der Waals surface area contributed by atoms with Crippen molar-refractivity contribution in [1.82, 2.24) is 20.2 Å². The Morgan fingerprint density at radius 2 is 2.07 bits per heavy atom. The third-order valence-electron chi connectivity index (χ3n) is 5.81. The van der Waals surface area contributed by atoms with Gasteiger partial charge in [-0.1, -0.05) is 17.7 Å². The number of carbonyl (C=O) groups excluding carboxylic acids is 1. The van der Waals surface area contributed by atoms with Crippen LogP contribution in [0.2, 0.25) is 0 Å². The standard InChI is InChI=1S/C23H30N4O2/c1-16-6-8-19(9-7-16)29-23(2,3)22(28)27-12-10-20-18(15-27)14-25-21(26-20)17-5-4-11-24-13-17/h6-9,14,17,24H,4-5,10-13,15H2,1-3H3/t17-/m0/s1. The Hall–Kier alpha value is -2.47. The predicted octanol–water partition coefficient (Wildman–Crippen LogP) is 2.99. The number of rotatable bonds is 4. The van der Waals surface area contributed by atoms with Gasteiger partial charge in [0.15, 0.2) is 5.60 Å². The second kappa shape index (κ2) is 8.11. The Kier molecular flexibility index (Phi) is 5.54. The fourth-order valence-electron chi connectivity index (χ4n) is 4.10. The molecule has 1 aromatic heterocycles. The van der Waals surface area contributed by atoms with E-state index in [1.807, 2.05) is 56.1 Å². The summed E-state index contributed by atoms with van der Waals surface area (Å²) in [6, 6.07) is 7.80. The van der Waals surface area contributed by atoms with E-state index in [0.717, 1.165) is 48.6 Å². The molecular weight excluding hydrogens is 364 g/mol. The summed E-state index contributed by atoms with van der Waals surface area (Å²) < 4.78 is 6.03. The Bertz CT molecular complexity index is 873. The average molecular weight is 395 g/mol. The van der Waals surface area contributed by atoms with E-state index in [0.29, 0.717) is 24.8 Å². The van der Waals surface area contributed by atoms with E-state index in [2.05, 4.69) is 10.3 Å².